The number of nitrogens with one attached hydrogen (secondary N) is 2. The predicted molar refractivity (Wildman–Crippen MR) is 78.4 cm³/mol. The molecule has 0 bridgehead atoms. The van der Waals surface area contributed by atoms with Crippen molar-refractivity contribution >= 4 is 17.6 Å². The molecule has 5 nitrogen and oxygen atoms in total. The Morgan fingerprint density at radius 2 is 2.14 bits per heavy atom. The monoisotopic (exact) mass is 293 g/mol. The summed E-state index contributed by atoms with van der Waals surface area (Å²) in [5, 5.41) is 4.54. The van der Waals surface area contributed by atoms with Crippen molar-refractivity contribution in [2.75, 3.05) is 25.0 Å². The average molecular weight is 293 g/mol. The highest BCUT2D eigenvalue weighted by atomic mass is 19.1. The molecule has 2 rings (SSSR count). The number of rotatable bonds is 3. The molecule has 1 fully saturated rings. The summed E-state index contributed by atoms with van der Waals surface area (Å²) in [5.41, 5.74) is 0.0504. The van der Waals surface area contributed by atoms with Gasteiger partial charge in [-0.15, -0.1) is 0 Å². The van der Waals surface area contributed by atoms with Gasteiger partial charge in [-0.25, -0.2) is 9.18 Å². The zero-order valence-electron chi connectivity index (χ0n) is 12.1. The van der Waals surface area contributed by atoms with Gasteiger partial charge in [0.15, 0.2) is 0 Å². The van der Waals surface area contributed by atoms with Crippen LogP contribution in [0.1, 0.15) is 19.8 Å². The molecule has 1 saturated heterocycles. The van der Waals surface area contributed by atoms with Crippen LogP contribution in [-0.4, -0.2) is 36.5 Å². The summed E-state index contributed by atoms with van der Waals surface area (Å²) in [7, 11) is 0. The van der Waals surface area contributed by atoms with Crippen LogP contribution in [0.15, 0.2) is 24.3 Å². The molecular formula is C15H20FN3O2. The Kier molecular flexibility index (Phi) is 5.27. The van der Waals surface area contributed by atoms with Gasteiger partial charge in [0, 0.05) is 6.54 Å². The van der Waals surface area contributed by atoms with Crippen LogP contribution in [0.5, 0.6) is 0 Å². The van der Waals surface area contributed by atoms with E-state index in [1.165, 1.54) is 24.6 Å². The lowest BCUT2D eigenvalue weighted by atomic mass is 10.0. The largest absolute Gasteiger partial charge is 0.326 e. The van der Waals surface area contributed by atoms with Crippen LogP contribution in [0.2, 0.25) is 0 Å². The number of piperidine rings is 1. The van der Waals surface area contributed by atoms with E-state index in [4.69, 9.17) is 0 Å². The van der Waals surface area contributed by atoms with Crippen LogP contribution in [0.3, 0.4) is 0 Å². The molecule has 6 heteroatoms. The summed E-state index contributed by atoms with van der Waals surface area (Å²) in [6, 6.07) is 5.10. The standard InChI is InChI=1S/C15H20FN3O2/c1-11-5-4-8-19(9-11)10-14(20)18-15(21)17-13-7-3-2-6-12(13)16/h2-3,6-7,11H,4-5,8-10H2,1H3,(H2,17,18,20,21)/t11-/m1/s1. The molecule has 3 amide bonds. The molecule has 1 aliphatic heterocycles. The summed E-state index contributed by atoms with van der Waals surface area (Å²) in [6.45, 7) is 4.07. The van der Waals surface area contributed by atoms with Crippen molar-refractivity contribution < 1.29 is 14.0 Å². The first-order valence-electron chi connectivity index (χ1n) is 7.12. The number of carbonyl (C=O) groups excluding carboxylic acids is 2. The molecule has 1 atom stereocenters. The SMILES string of the molecule is C[C@@H]1CCCN(CC(=O)NC(=O)Nc2ccccc2F)C1. The van der Waals surface area contributed by atoms with Crippen molar-refractivity contribution in [1.82, 2.24) is 10.2 Å². The highest BCUT2D eigenvalue weighted by Gasteiger charge is 2.19. The minimum atomic E-state index is -0.713. The number of imide groups is 1. The first-order valence-corrected chi connectivity index (χ1v) is 7.12. The molecular weight excluding hydrogens is 273 g/mol. The summed E-state index contributed by atoms with van der Waals surface area (Å²) in [5.74, 6) is -0.346. The Bertz CT molecular complexity index is 521. The Morgan fingerprint density at radius 1 is 1.38 bits per heavy atom. The Hall–Kier alpha value is -1.95. The van der Waals surface area contributed by atoms with Gasteiger partial charge in [0.1, 0.15) is 5.82 Å². The van der Waals surface area contributed by atoms with Gasteiger partial charge >= 0.3 is 6.03 Å². The van der Waals surface area contributed by atoms with E-state index >= 15 is 0 Å². The smallest absolute Gasteiger partial charge is 0.305 e. The molecule has 21 heavy (non-hydrogen) atoms. The van der Waals surface area contributed by atoms with E-state index in [-0.39, 0.29) is 18.1 Å². The fourth-order valence-corrected chi connectivity index (χ4v) is 2.52. The molecule has 0 spiro atoms. The third kappa shape index (κ3) is 4.82. The van der Waals surface area contributed by atoms with Crippen LogP contribution in [0, 0.1) is 11.7 Å². The zero-order chi connectivity index (χ0) is 15.2. The number of amides is 3. The van der Waals surface area contributed by atoms with Crippen molar-refractivity contribution in [1.29, 1.82) is 0 Å². The van der Waals surface area contributed by atoms with Gasteiger partial charge in [-0.2, -0.15) is 0 Å². The van der Waals surface area contributed by atoms with Gasteiger partial charge in [-0.05, 0) is 37.4 Å². The second kappa shape index (κ2) is 7.17. The van der Waals surface area contributed by atoms with E-state index < -0.39 is 11.8 Å². The summed E-state index contributed by atoms with van der Waals surface area (Å²) < 4.78 is 13.4. The molecule has 0 aliphatic carbocycles. The molecule has 114 valence electrons. The molecule has 1 aromatic carbocycles. The first kappa shape index (κ1) is 15.4. The minimum Gasteiger partial charge on any atom is -0.305 e. The summed E-state index contributed by atoms with van der Waals surface area (Å²) in [4.78, 5) is 25.5. The van der Waals surface area contributed by atoms with E-state index in [0.717, 1.165) is 19.5 Å². The Labute approximate surface area is 123 Å². The second-order valence-corrected chi connectivity index (χ2v) is 5.46. The highest BCUT2D eigenvalue weighted by Crippen LogP contribution is 2.15. The highest BCUT2D eigenvalue weighted by molar-refractivity contribution is 6.01. The van der Waals surface area contributed by atoms with Crippen molar-refractivity contribution in [3.63, 3.8) is 0 Å². The lowest BCUT2D eigenvalue weighted by molar-refractivity contribution is -0.121. The van der Waals surface area contributed by atoms with Crippen molar-refractivity contribution in [2.45, 2.75) is 19.8 Å². The van der Waals surface area contributed by atoms with E-state index in [1.807, 2.05) is 4.90 Å². The fraction of sp³-hybridized carbons (Fsp3) is 0.467. The number of nitrogens with zero attached hydrogens (tertiary/aromatic N) is 1. The average Bonchev–Trinajstić information content (AvgIpc) is 2.41. The zero-order valence-corrected chi connectivity index (χ0v) is 12.1. The Morgan fingerprint density at radius 3 is 2.86 bits per heavy atom. The summed E-state index contributed by atoms with van der Waals surface area (Å²) in [6.07, 6.45) is 2.24. The fourth-order valence-electron chi connectivity index (χ4n) is 2.52. The number of anilines is 1. The van der Waals surface area contributed by atoms with Crippen molar-refractivity contribution in [2.24, 2.45) is 5.92 Å². The molecule has 2 N–H and O–H groups in total. The predicted octanol–water partition coefficient (Wildman–Crippen LogP) is 2.21. The molecule has 1 aromatic rings. The van der Waals surface area contributed by atoms with Crippen molar-refractivity contribution in [3.8, 4) is 0 Å². The third-order valence-electron chi connectivity index (χ3n) is 3.48. The van der Waals surface area contributed by atoms with Gasteiger partial charge in [0.25, 0.3) is 0 Å². The van der Waals surface area contributed by atoms with Gasteiger partial charge in [-0.3, -0.25) is 15.0 Å². The molecule has 1 heterocycles. The van der Waals surface area contributed by atoms with Crippen LogP contribution in [-0.2, 0) is 4.79 Å². The maximum absolute atomic E-state index is 13.4. The maximum atomic E-state index is 13.4. The summed E-state index contributed by atoms with van der Waals surface area (Å²) >= 11 is 0. The topological polar surface area (TPSA) is 61.4 Å². The minimum absolute atomic E-state index is 0.0504. The van der Waals surface area contributed by atoms with Crippen LogP contribution >= 0.6 is 0 Å². The molecule has 0 saturated carbocycles. The normalized spacial score (nSPS) is 19.0. The van der Waals surface area contributed by atoms with Gasteiger partial charge < -0.3 is 5.32 Å². The third-order valence-corrected chi connectivity index (χ3v) is 3.48. The maximum Gasteiger partial charge on any atom is 0.326 e. The van der Waals surface area contributed by atoms with Gasteiger partial charge in [0.2, 0.25) is 5.91 Å². The lowest BCUT2D eigenvalue weighted by Crippen LogP contribution is -2.44. The van der Waals surface area contributed by atoms with Crippen LogP contribution in [0.4, 0.5) is 14.9 Å². The van der Waals surface area contributed by atoms with Gasteiger partial charge in [0.05, 0.1) is 12.2 Å². The molecule has 0 radical (unpaired) electrons. The number of benzene rings is 1. The van der Waals surface area contributed by atoms with Crippen molar-refractivity contribution in [3.05, 3.63) is 30.1 Å². The first-order chi connectivity index (χ1) is 10.0. The molecule has 0 aromatic heterocycles. The molecule has 0 unspecified atom stereocenters. The number of para-hydroxylation sites is 1. The quantitative estimate of drug-likeness (QED) is 0.898. The molecule has 1 aliphatic rings. The van der Waals surface area contributed by atoms with E-state index in [2.05, 4.69) is 17.6 Å². The number of halogens is 1. The van der Waals surface area contributed by atoms with E-state index in [0.29, 0.717) is 5.92 Å². The number of hydrogen-bond acceptors (Lipinski definition) is 3. The number of carbonyl (C=O) groups is 2. The number of urea groups is 1. The van der Waals surface area contributed by atoms with E-state index in [1.54, 1.807) is 6.07 Å². The lowest BCUT2D eigenvalue weighted by Gasteiger charge is -2.29. The van der Waals surface area contributed by atoms with Gasteiger partial charge in [-0.1, -0.05) is 19.1 Å². The van der Waals surface area contributed by atoms with Crippen LogP contribution < -0.4 is 10.6 Å². The number of likely N-dealkylation sites (tertiary alicyclic amines) is 1. The Balaban J connectivity index is 1.79. The van der Waals surface area contributed by atoms with Crippen LogP contribution in [0.25, 0.3) is 0 Å². The second-order valence-electron chi connectivity index (χ2n) is 5.46. The van der Waals surface area contributed by atoms with E-state index in [9.17, 15) is 14.0 Å². The number of hydrogen-bond donors (Lipinski definition) is 2.